The fourth-order valence-electron chi connectivity index (χ4n) is 1.50. The first-order valence-corrected chi connectivity index (χ1v) is 5.99. The van der Waals surface area contributed by atoms with Gasteiger partial charge in [0, 0.05) is 0 Å². The summed E-state index contributed by atoms with van der Waals surface area (Å²) in [6.45, 7) is 4.58. The Morgan fingerprint density at radius 2 is 2.30 bits per heavy atom. The van der Waals surface area contributed by atoms with Crippen molar-refractivity contribution in [1.82, 2.24) is 19.5 Å². The maximum absolute atomic E-state index is 11.6. The number of aromatic nitrogens is 4. The monoisotopic (exact) mass is 280 g/mol. The molecule has 0 amide bonds. The van der Waals surface area contributed by atoms with Gasteiger partial charge in [-0.3, -0.25) is 14.3 Å². The number of H-pyrrole nitrogens is 1. The van der Waals surface area contributed by atoms with Crippen LogP contribution in [0.15, 0.2) is 16.3 Å². The van der Waals surface area contributed by atoms with Crippen LogP contribution in [-0.2, 0) is 16.3 Å². The first kappa shape index (κ1) is 14.0. The van der Waals surface area contributed by atoms with Crippen molar-refractivity contribution in [2.24, 2.45) is 5.16 Å². The molecule has 3 N–H and O–H groups in total. The Morgan fingerprint density at radius 3 is 3.05 bits per heavy atom. The van der Waals surface area contributed by atoms with Crippen molar-refractivity contribution < 1.29 is 9.57 Å². The molecule has 0 aromatic carbocycles. The summed E-state index contributed by atoms with van der Waals surface area (Å²) in [7, 11) is 0. The summed E-state index contributed by atoms with van der Waals surface area (Å²) in [4.78, 5) is 26.9. The van der Waals surface area contributed by atoms with Gasteiger partial charge in [0.2, 0.25) is 5.95 Å². The number of nitrogen functional groups attached to an aromatic ring is 1. The van der Waals surface area contributed by atoms with Crippen LogP contribution in [0.1, 0.15) is 13.8 Å². The van der Waals surface area contributed by atoms with Gasteiger partial charge < -0.3 is 15.3 Å². The average Bonchev–Trinajstić information content (AvgIpc) is 2.76. The van der Waals surface area contributed by atoms with Gasteiger partial charge in [-0.1, -0.05) is 5.16 Å². The minimum absolute atomic E-state index is 0.0420. The lowest BCUT2D eigenvalue weighted by molar-refractivity contribution is 0.0218. The quantitative estimate of drug-likeness (QED) is 0.439. The van der Waals surface area contributed by atoms with Gasteiger partial charge >= 0.3 is 0 Å². The van der Waals surface area contributed by atoms with Crippen molar-refractivity contribution in [1.29, 1.82) is 0 Å². The van der Waals surface area contributed by atoms with E-state index in [-0.39, 0.29) is 23.8 Å². The molecule has 0 saturated heterocycles. The largest absolute Gasteiger partial charge is 0.393 e. The lowest BCUT2D eigenvalue weighted by atomic mass is 10.5. The number of nitrogens with two attached hydrogens (primary N) is 1. The van der Waals surface area contributed by atoms with E-state index >= 15 is 0 Å². The van der Waals surface area contributed by atoms with Crippen molar-refractivity contribution in [3.8, 4) is 0 Å². The highest BCUT2D eigenvalue weighted by Gasteiger charge is 2.08. The molecule has 2 rings (SSSR count). The smallest absolute Gasteiger partial charge is 0.280 e. The molecule has 0 saturated carbocycles. The molecule has 0 aliphatic carbocycles. The number of hydrogen-bond acceptors (Lipinski definition) is 7. The van der Waals surface area contributed by atoms with Gasteiger partial charge in [0.1, 0.15) is 13.3 Å². The SMILES string of the molecule is CC(C)=NOCCOCn1cnc2c(=O)[nH]c(N)nc21. The van der Waals surface area contributed by atoms with Crippen molar-refractivity contribution >= 4 is 22.8 Å². The Labute approximate surface area is 114 Å². The molecule has 9 nitrogen and oxygen atoms in total. The van der Waals surface area contributed by atoms with Crippen LogP contribution in [0, 0.1) is 0 Å². The molecule has 0 radical (unpaired) electrons. The molecule has 0 spiro atoms. The number of ether oxygens (including phenoxy) is 1. The summed E-state index contributed by atoms with van der Waals surface area (Å²) in [5, 5.41) is 3.78. The van der Waals surface area contributed by atoms with Crippen LogP contribution in [-0.4, -0.2) is 38.4 Å². The second-order valence-electron chi connectivity index (χ2n) is 4.25. The minimum Gasteiger partial charge on any atom is -0.393 e. The molecule has 2 aromatic rings. The zero-order chi connectivity index (χ0) is 14.5. The Hall–Kier alpha value is -2.42. The molecule has 108 valence electrons. The van der Waals surface area contributed by atoms with Gasteiger partial charge in [-0.05, 0) is 13.8 Å². The fraction of sp³-hybridized carbons (Fsp3) is 0.455. The van der Waals surface area contributed by atoms with Gasteiger partial charge in [-0.2, -0.15) is 4.98 Å². The van der Waals surface area contributed by atoms with Crippen molar-refractivity contribution in [3.05, 3.63) is 16.7 Å². The summed E-state index contributed by atoms with van der Waals surface area (Å²) in [6.07, 6.45) is 1.47. The lowest BCUT2D eigenvalue weighted by Crippen LogP contribution is -2.13. The van der Waals surface area contributed by atoms with Crippen LogP contribution in [0.3, 0.4) is 0 Å². The Kier molecular flexibility index (Phi) is 4.31. The fourth-order valence-corrected chi connectivity index (χ4v) is 1.50. The third-order valence-electron chi connectivity index (χ3n) is 2.29. The minimum atomic E-state index is -0.373. The number of nitrogens with one attached hydrogen (secondary N) is 1. The van der Waals surface area contributed by atoms with E-state index < -0.39 is 0 Å². The van der Waals surface area contributed by atoms with Gasteiger partial charge in [-0.15, -0.1) is 0 Å². The Morgan fingerprint density at radius 1 is 1.50 bits per heavy atom. The molecule has 0 fully saturated rings. The summed E-state index contributed by atoms with van der Waals surface area (Å²) in [5.74, 6) is 0.0420. The summed E-state index contributed by atoms with van der Waals surface area (Å²) in [5.41, 5.74) is 6.57. The van der Waals surface area contributed by atoms with E-state index in [0.29, 0.717) is 18.9 Å². The molecular weight excluding hydrogens is 264 g/mol. The number of oxime groups is 1. The van der Waals surface area contributed by atoms with Crippen LogP contribution < -0.4 is 11.3 Å². The summed E-state index contributed by atoms with van der Waals surface area (Å²) < 4.78 is 6.98. The van der Waals surface area contributed by atoms with Crippen LogP contribution in [0.4, 0.5) is 5.95 Å². The predicted octanol–water partition coefficient (Wildman–Crippen LogP) is 0.0883. The zero-order valence-corrected chi connectivity index (χ0v) is 11.3. The van der Waals surface area contributed by atoms with Crippen LogP contribution in [0.25, 0.3) is 11.2 Å². The molecule has 2 heterocycles. The van der Waals surface area contributed by atoms with Gasteiger partial charge in [0.25, 0.3) is 5.56 Å². The van der Waals surface area contributed by atoms with Crippen LogP contribution in [0.2, 0.25) is 0 Å². The number of imidazole rings is 1. The molecular formula is C11H16N6O3. The number of fused-ring (bicyclic) bond motifs is 1. The predicted molar refractivity (Wildman–Crippen MR) is 73.2 cm³/mol. The molecule has 2 aromatic heterocycles. The number of rotatable bonds is 6. The maximum Gasteiger partial charge on any atom is 0.280 e. The van der Waals surface area contributed by atoms with Crippen LogP contribution >= 0.6 is 0 Å². The van der Waals surface area contributed by atoms with Crippen molar-refractivity contribution in [3.63, 3.8) is 0 Å². The molecule has 20 heavy (non-hydrogen) atoms. The van der Waals surface area contributed by atoms with E-state index in [9.17, 15) is 4.79 Å². The van der Waals surface area contributed by atoms with E-state index in [0.717, 1.165) is 5.71 Å². The number of anilines is 1. The number of hydrogen-bond donors (Lipinski definition) is 2. The normalized spacial score (nSPS) is 10.7. The topological polar surface area (TPSA) is 120 Å². The highest BCUT2D eigenvalue weighted by molar-refractivity contribution is 5.78. The van der Waals surface area contributed by atoms with E-state index in [4.69, 9.17) is 15.3 Å². The highest BCUT2D eigenvalue weighted by atomic mass is 16.6. The third kappa shape index (κ3) is 3.32. The molecule has 0 atom stereocenters. The molecule has 0 bridgehead atoms. The van der Waals surface area contributed by atoms with E-state index in [2.05, 4.69) is 20.1 Å². The van der Waals surface area contributed by atoms with Gasteiger partial charge in [0.05, 0.1) is 18.6 Å². The second kappa shape index (κ2) is 6.15. The molecule has 0 unspecified atom stereocenters. The Balaban J connectivity index is 1.94. The van der Waals surface area contributed by atoms with Crippen LogP contribution in [0.5, 0.6) is 0 Å². The molecule has 9 heteroatoms. The number of aromatic amines is 1. The summed E-state index contributed by atoms with van der Waals surface area (Å²) in [6, 6.07) is 0. The van der Waals surface area contributed by atoms with E-state index in [1.165, 1.54) is 6.33 Å². The van der Waals surface area contributed by atoms with E-state index in [1.807, 2.05) is 13.8 Å². The van der Waals surface area contributed by atoms with Crippen molar-refractivity contribution in [2.75, 3.05) is 18.9 Å². The molecule has 0 aliphatic heterocycles. The first-order valence-electron chi connectivity index (χ1n) is 5.99. The summed E-state index contributed by atoms with van der Waals surface area (Å²) >= 11 is 0. The highest BCUT2D eigenvalue weighted by Crippen LogP contribution is 2.06. The third-order valence-corrected chi connectivity index (χ3v) is 2.29. The van der Waals surface area contributed by atoms with Gasteiger partial charge in [-0.25, -0.2) is 4.98 Å². The zero-order valence-electron chi connectivity index (χ0n) is 11.3. The number of nitrogens with zero attached hydrogens (tertiary/aromatic N) is 4. The average molecular weight is 280 g/mol. The second-order valence-corrected chi connectivity index (χ2v) is 4.25. The van der Waals surface area contributed by atoms with E-state index in [1.54, 1.807) is 4.57 Å². The standard InChI is InChI=1S/C11H16N6O3/c1-7(2)16-20-4-3-19-6-17-5-13-8-9(17)14-11(12)15-10(8)18/h5H,3-4,6H2,1-2H3,(H3,12,14,15,18). The van der Waals surface area contributed by atoms with Gasteiger partial charge in [0.15, 0.2) is 11.2 Å². The molecule has 0 aliphatic rings. The maximum atomic E-state index is 11.6. The first-order chi connectivity index (χ1) is 9.58. The van der Waals surface area contributed by atoms with Crippen molar-refractivity contribution in [2.45, 2.75) is 20.6 Å². The Bertz CT molecular complexity index is 670. The lowest BCUT2D eigenvalue weighted by Gasteiger charge is -2.05.